The van der Waals surface area contributed by atoms with Gasteiger partial charge < -0.3 is 0 Å². The first-order valence-corrected chi connectivity index (χ1v) is 5.60. The summed E-state index contributed by atoms with van der Waals surface area (Å²) in [7, 11) is -4.44. The van der Waals surface area contributed by atoms with Gasteiger partial charge in [-0.25, -0.2) is 0 Å². The van der Waals surface area contributed by atoms with Crippen molar-refractivity contribution in [3.05, 3.63) is 36.4 Å². The van der Waals surface area contributed by atoms with E-state index in [9.17, 15) is 13.5 Å². The number of fused-ring (bicyclic) bond motifs is 1. The van der Waals surface area contributed by atoms with Crippen LogP contribution in [-0.2, 0) is 15.2 Å². The first-order valence-electron chi connectivity index (χ1n) is 4.16. The predicted octanol–water partition coefficient (Wildman–Crippen LogP) is 2.23. The van der Waals surface area contributed by atoms with Gasteiger partial charge in [0, 0.05) is 5.39 Å². The molecule has 2 aromatic carbocycles. The second-order valence-corrected chi connectivity index (χ2v) is 4.48. The maximum Gasteiger partial charge on any atom is 0.298 e. The third-order valence-electron chi connectivity index (χ3n) is 2.12. The van der Waals surface area contributed by atoms with Crippen molar-refractivity contribution in [2.24, 2.45) is 0 Å². The molecule has 0 amide bonds. The van der Waals surface area contributed by atoms with Gasteiger partial charge in [-0.15, -0.1) is 0 Å². The summed E-state index contributed by atoms with van der Waals surface area (Å²) < 4.78 is 30.5. The lowest BCUT2D eigenvalue weighted by molar-refractivity contribution is 0.346. The van der Waals surface area contributed by atoms with Crippen LogP contribution in [0.15, 0.2) is 41.3 Å². The Balaban J connectivity index is 2.88. The summed E-state index contributed by atoms with van der Waals surface area (Å²) in [6, 6.07) is 9.20. The summed E-state index contributed by atoms with van der Waals surface area (Å²) in [5, 5.41) is 12.6. The van der Waals surface area contributed by atoms with Crippen LogP contribution in [0.1, 0.15) is 0 Å². The summed E-state index contributed by atoms with van der Waals surface area (Å²) in [5.74, 6) is -0.671. The molecule has 77 valence electrons. The molecule has 15 heavy (non-hydrogen) atoms. The molecule has 4 nitrogen and oxygen atoms in total. The Kier molecular flexibility index (Phi) is 2.13. The Morgan fingerprint density at radius 2 is 1.67 bits per heavy atom. The highest BCUT2D eigenvalue weighted by Gasteiger charge is 2.18. The second kappa shape index (κ2) is 3.22. The molecule has 0 aliphatic carbocycles. The number of hydrogen-bond acceptors (Lipinski definition) is 2. The molecule has 2 aromatic rings. The van der Waals surface area contributed by atoms with E-state index in [1.54, 1.807) is 18.2 Å². The Bertz CT molecular complexity index is 616. The van der Waals surface area contributed by atoms with Crippen LogP contribution in [0.5, 0.6) is 5.75 Å². The van der Waals surface area contributed by atoms with E-state index in [1.807, 2.05) is 0 Å². The van der Waals surface area contributed by atoms with E-state index in [-0.39, 0.29) is 5.39 Å². The fourth-order valence-electron chi connectivity index (χ4n) is 1.43. The summed E-state index contributed by atoms with van der Waals surface area (Å²) in [6.45, 7) is 0. The number of rotatable bonds is 1. The van der Waals surface area contributed by atoms with Crippen molar-refractivity contribution in [2.45, 2.75) is 4.90 Å². The van der Waals surface area contributed by atoms with Gasteiger partial charge >= 0.3 is 0 Å². The standard InChI is InChI=1S/C10H7O4S/c11-10-8-4-2-1-3-7(8)5-6-9(10)15(12,13)14/h1-6H,(H,12,13,14). The van der Waals surface area contributed by atoms with Gasteiger partial charge in [-0.3, -0.25) is 9.66 Å². The maximum atomic E-state index is 11.6. The molecule has 0 saturated heterocycles. The highest BCUT2D eigenvalue weighted by Crippen LogP contribution is 2.31. The van der Waals surface area contributed by atoms with Crippen molar-refractivity contribution in [2.75, 3.05) is 0 Å². The van der Waals surface area contributed by atoms with Crippen LogP contribution in [0.4, 0.5) is 0 Å². The van der Waals surface area contributed by atoms with Gasteiger partial charge in [0.1, 0.15) is 4.90 Å². The second-order valence-electron chi connectivity index (χ2n) is 3.09. The molecule has 2 rings (SSSR count). The van der Waals surface area contributed by atoms with Crippen LogP contribution in [0, 0.1) is 0 Å². The van der Waals surface area contributed by atoms with E-state index < -0.39 is 20.8 Å². The quantitative estimate of drug-likeness (QED) is 0.753. The van der Waals surface area contributed by atoms with Gasteiger partial charge in [-0.1, -0.05) is 30.3 Å². The molecule has 0 bridgehead atoms. The minimum atomic E-state index is -4.44. The molecule has 0 atom stereocenters. The van der Waals surface area contributed by atoms with E-state index in [1.165, 1.54) is 12.1 Å². The molecule has 0 fully saturated rings. The SMILES string of the molecule is [O]c1c(S(=O)(=O)O)ccc2ccccc12. The molecule has 1 N–H and O–H groups in total. The lowest BCUT2D eigenvalue weighted by atomic mass is 10.1. The van der Waals surface area contributed by atoms with Crippen LogP contribution in [0.3, 0.4) is 0 Å². The van der Waals surface area contributed by atoms with Crippen molar-refractivity contribution in [3.8, 4) is 5.75 Å². The molecule has 0 aromatic heterocycles. The maximum absolute atomic E-state index is 11.6. The highest BCUT2D eigenvalue weighted by atomic mass is 32.2. The van der Waals surface area contributed by atoms with Crippen LogP contribution in [0.2, 0.25) is 0 Å². The molecule has 0 heterocycles. The van der Waals surface area contributed by atoms with Crippen molar-refractivity contribution >= 4 is 20.9 Å². The normalized spacial score (nSPS) is 11.8. The lowest BCUT2D eigenvalue weighted by Gasteiger charge is -2.02. The average Bonchev–Trinajstić information content (AvgIpc) is 2.16. The summed E-state index contributed by atoms with van der Waals surface area (Å²) in [6.07, 6.45) is 0. The predicted molar refractivity (Wildman–Crippen MR) is 53.9 cm³/mol. The Morgan fingerprint density at radius 1 is 1.00 bits per heavy atom. The molecule has 0 unspecified atom stereocenters. The summed E-state index contributed by atoms with van der Waals surface area (Å²) in [4.78, 5) is -0.582. The van der Waals surface area contributed by atoms with E-state index >= 15 is 0 Å². The molecule has 1 radical (unpaired) electrons. The van der Waals surface area contributed by atoms with E-state index in [0.29, 0.717) is 5.39 Å². The summed E-state index contributed by atoms with van der Waals surface area (Å²) >= 11 is 0. The zero-order valence-corrected chi connectivity index (χ0v) is 8.36. The molecule has 0 saturated carbocycles. The van der Waals surface area contributed by atoms with Crippen LogP contribution >= 0.6 is 0 Å². The van der Waals surface area contributed by atoms with E-state index in [4.69, 9.17) is 4.55 Å². The van der Waals surface area contributed by atoms with Gasteiger partial charge in [-0.05, 0) is 11.5 Å². The third kappa shape index (κ3) is 1.67. The van der Waals surface area contributed by atoms with Crippen LogP contribution < -0.4 is 0 Å². The third-order valence-corrected chi connectivity index (χ3v) is 3.00. The van der Waals surface area contributed by atoms with Gasteiger partial charge in [0.15, 0.2) is 0 Å². The number of hydrogen-bond donors (Lipinski definition) is 1. The lowest BCUT2D eigenvalue weighted by Crippen LogP contribution is -1.98. The minimum Gasteiger partial charge on any atom is -0.288 e. The molecule has 5 heteroatoms. The zero-order chi connectivity index (χ0) is 11.1. The average molecular weight is 223 g/mol. The largest absolute Gasteiger partial charge is 0.298 e. The molecule has 0 aliphatic rings. The van der Waals surface area contributed by atoms with E-state index in [0.717, 1.165) is 6.07 Å². The smallest absolute Gasteiger partial charge is 0.288 e. The van der Waals surface area contributed by atoms with Gasteiger partial charge in [0.05, 0.1) is 0 Å². The van der Waals surface area contributed by atoms with E-state index in [2.05, 4.69) is 0 Å². The fraction of sp³-hybridized carbons (Fsp3) is 0. The fourth-order valence-corrected chi connectivity index (χ4v) is 2.01. The first-order chi connectivity index (χ1) is 7.00. The van der Waals surface area contributed by atoms with Crippen LogP contribution in [-0.4, -0.2) is 13.0 Å². The Labute approximate surface area is 86.5 Å². The molecular weight excluding hydrogens is 216 g/mol. The summed E-state index contributed by atoms with van der Waals surface area (Å²) in [5.41, 5.74) is 0. The Morgan fingerprint density at radius 3 is 2.33 bits per heavy atom. The van der Waals surface area contributed by atoms with Crippen molar-refractivity contribution in [1.82, 2.24) is 0 Å². The number of benzene rings is 2. The van der Waals surface area contributed by atoms with Gasteiger partial charge in [0.2, 0.25) is 5.75 Å². The van der Waals surface area contributed by atoms with Gasteiger partial charge in [0.25, 0.3) is 10.1 Å². The topological polar surface area (TPSA) is 74.3 Å². The zero-order valence-electron chi connectivity index (χ0n) is 7.54. The molecule has 0 spiro atoms. The van der Waals surface area contributed by atoms with Crippen molar-refractivity contribution in [1.29, 1.82) is 0 Å². The van der Waals surface area contributed by atoms with Crippen molar-refractivity contribution in [3.63, 3.8) is 0 Å². The minimum absolute atomic E-state index is 0.285. The van der Waals surface area contributed by atoms with Gasteiger partial charge in [-0.2, -0.15) is 8.42 Å². The molecular formula is C10H7O4S. The first kappa shape index (κ1) is 9.95. The molecule has 0 aliphatic heterocycles. The highest BCUT2D eigenvalue weighted by molar-refractivity contribution is 7.86. The Hall–Kier alpha value is -1.59. The monoisotopic (exact) mass is 223 g/mol. The van der Waals surface area contributed by atoms with Crippen molar-refractivity contribution < 1.29 is 18.1 Å². The van der Waals surface area contributed by atoms with Crippen LogP contribution in [0.25, 0.3) is 10.8 Å².